The number of thiophene rings is 1. The maximum atomic E-state index is 13.2. The molecule has 1 amide bonds. The Morgan fingerprint density at radius 3 is 2.29 bits per heavy atom. The number of aliphatic carboxylic acids is 1. The zero-order chi connectivity index (χ0) is 29.0. The maximum Gasteiger partial charge on any atom is 0.347 e. The van der Waals surface area contributed by atoms with Gasteiger partial charge in [0.15, 0.2) is 5.96 Å². The van der Waals surface area contributed by atoms with Crippen LogP contribution in [0.4, 0.5) is 5.69 Å². The Hall–Kier alpha value is -4.43. The van der Waals surface area contributed by atoms with Crippen LogP contribution in [0.15, 0.2) is 65.0 Å². The van der Waals surface area contributed by atoms with Crippen molar-refractivity contribution >= 4 is 94.1 Å². The van der Waals surface area contributed by atoms with Crippen LogP contribution in [0.25, 0.3) is 10.9 Å². The molecule has 4 rings (SSSR count). The highest BCUT2D eigenvalue weighted by atomic mass is 35.5. The second-order valence-electron chi connectivity index (χ2n) is 8.29. The van der Waals surface area contributed by atoms with E-state index in [4.69, 9.17) is 27.8 Å². The summed E-state index contributed by atoms with van der Waals surface area (Å²) in [6, 6.07) is 13.7. The highest BCUT2D eigenvalue weighted by Gasteiger charge is 2.24. The summed E-state index contributed by atoms with van der Waals surface area (Å²) in [5.74, 6) is -3.67. The predicted octanol–water partition coefficient (Wildman–Crippen LogP) is 4.34. The molecule has 2 aromatic carbocycles. The van der Waals surface area contributed by atoms with Gasteiger partial charge in [-0.25, -0.2) is 19.6 Å². The van der Waals surface area contributed by atoms with Crippen LogP contribution in [-0.4, -0.2) is 56.4 Å². The van der Waals surface area contributed by atoms with Crippen LogP contribution in [0.5, 0.6) is 5.75 Å². The van der Waals surface area contributed by atoms with Gasteiger partial charge in [0.2, 0.25) is 0 Å². The fourth-order valence-corrected chi connectivity index (χ4v) is 4.82. The summed E-state index contributed by atoms with van der Waals surface area (Å²) >= 11 is 7.00. The van der Waals surface area contributed by atoms with Crippen molar-refractivity contribution in [3.63, 3.8) is 0 Å². The van der Waals surface area contributed by atoms with E-state index in [9.17, 15) is 29.4 Å². The van der Waals surface area contributed by atoms with Crippen LogP contribution in [0.1, 0.15) is 36.1 Å². The number of hydrogen-bond acceptors (Lipinski definition) is 8. The number of pyridine rings is 1. The Morgan fingerprint density at radius 2 is 1.69 bits per heavy atom. The van der Waals surface area contributed by atoms with Gasteiger partial charge >= 0.3 is 17.9 Å². The summed E-state index contributed by atoms with van der Waals surface area (Å²) < 4.78 is 5.44. The predicted molar refractivity (Wildman–Crippen MR) is 162 cm³/mol. The van der Waals surface area contributed by atoms with Gasteiger partial charge in [-0.05, 0) is 53.9 Å². The fraction of sp³-hybridized carbons (Fsp3) is 0.0769. The number of guanidine groups is 1. The first-order valence-corrected chi connectivity index (χ1v) is 12.6. The van der Waals surface area contributed by atoms with E-state index in [1.54, 1.807) is 30.3 Å². The number of aromatic carboxylic acids is 1. The van der Waals surface area contributed by atoms with Crippen LogP contribution in [0.2, 0.25) is 5.02 Å². The van der Waals surface area contributed by atoms with E-state index in [0.29, 0.717) is 22.2 Å². The normalized spacial score (nSPS) is 10.1. The van der Waals surface area contributed by atoms with Gasteiger partial charge in [-0.1, -0.05) is 17.7 Å². The smallest absolute Gasteiger partial charge is 0.347 e. The molecular formula is C26H22Cl3N5O7S. The summed E-state index contributed by atoms with van der Waals surface area (Å²) in [7, 11) is 0. The van der Waals surface area contributed by atoms with Crippen molar-refractivity contribution in [3.8, 4) is 5.75 Å². The van der Waals surface area contributed by atoms with Crippen molar-refractivity contribution in [2.75, 3.05) is 6.54 Å². The molecule has 0 aliphatic carbocycles. The number of carboxylic acid groups (broad SMARTS) is 2. The van der Waals surface area contributed by atoms with Gasteiger partial charge in [0, 0.05) is 17.5 Å². The van der Waals surface area contributed by atoms with Crippen molar-refractivity contribution < 1.29 is 34.1 Å². The fourth-order valence-electron chi connectivity index (χ4n) is 3.63. The number of aliphatic imine (C=N–C) groups is 1. The van der Waals surface area contributed by atoms with Gasteiger partial charge in [-0.3, -0.25) is 9.59 Å². The topological polar surface area (TPSA) is 198 Å². The highest BCUT2D eigenvalue weighted by molar-refractivity contribution is 7.12. The van der Waals surface area contributed by atoms with Crippen LogP contribution >= 0.6 is 47.8 Å². The molecule has 4 aromatic rings. The molecule has 0 aliphatic heterocycles. The largest absolute Gasteiger partial charge is 0.480 e. The molecule has 0 saturated heterocycles. The third-order valence-electron chi connectivity index (χ3n) is 5.42. The Morgan fingerprint density at radius 1 is 1.00 bits per heavy atom. The first-order valence-electron chi connectivity index (χ1n) is 11.3. The van der Waals surface area contributed by atoms with E-state index in [2.05, 4.69) is 9.98 Å². The quantitative estimate of drug-likeness (QED) is 0.0871. The molecule has 16 heteroatoms. The molecule has 42 heavy (non-hydrogen) atoms. The lowest BCUT2D eigenvalue weighted by atomic mass is 10.1. The Kier molecular flexibility index (Phi) is 11.6. The second-order valence-corrected chi connectivity index (χ2v) is 9.55. The van der Waals surface area contributed by atoms with Crippen molar-refractivity contribution in [1.82, 2.24) is 9.88 Å². The Bertz CT molecular complexity index is 1670. The van der Waals surface area contributed by atoms with Gasteiger partial charge in [-0.2, -0.15) is 0 Å². The van der Waals surface area contributed by atoms with Crippen LogP contribution in [0, 0.1) is 0 Å². The lowest BCUT2D eigenvalue weighted by Gasteiger charge is -2.20. The first kappa shape index (κ1) is 33.8. The van der Waals surface area contributed by atoms with E-state index in [1.165, 1.54) is 29.6 Å². The third-order valence-corrected chi connectivity index (χ3v) is 6.98. The Balaban J connectivity index is 0.00000308. The zero-order valence-electron chi connectivity index (χ0n) is 21.2. The monoisotopic (exact) mass is 653 g/mol. The number of amides is 1. The third kappa shape index (κ3) is 8.07. The molecule has 0 bridgehead atoms. The molecule has 0 spiro atoms. The number of benzene rings is 2. The second kappa shape index (κ2) is 14.5. The number of fused-ring (bicyclic) bond motifs is 1. The van der Waals surface area contributed by atoms with Crippen molar-refractivity contribution in [1.29, 1.82) is 0 Å². The molecule has 0 unspecified atom stereocenters. The van der Waals surface area contributed by atoms with Gasteiger partial charge < -0.3 is 31.3 Å². The summed E-state index contributed by atoms with van der Waals surface area (Å²) in [6.45, 7) is -0.885. The number of aromatic nitrogens is 1. The number of nitrogens with two attached hydrogens (primary N) is 2. The number of hydrogen-bond donors (Lipinski definition) is 4. The SMILES string of the molecule is Cl.Cl.NC(N)=Nc1ccc(C(=O)Oc2ccc3nc(C(=O)N(CC(=O)O)Cc4csc(C(=O)O)c4Cl)ccc3c2)cc1. The number of esters is 1. The average Bonchev–Trinajstić information content (AvgIpc) is 3.27. The number of rotatable bonds is 9. The molecule has 2 aromatic heterocycles. The summed E-state index contributed by atoms with van der Waals surface area (Å²) in [6.07, 6.45) is 0. The number of nitrogens with zero attached hydrogens (tertiary/aromatic N) is 3. The van der Waals surface area contributed by atoms with Crippen molar-refractivity contribution in [2.24, 2.45) is 16.5 Å². The summed E-state index contributed by atoms with van der Waals surface area (Å²) in [5, 5.41) is 20.5. The average molecular weight is 655 g/mol. The molecule has 0 atom stereocenters. The van der Waals surface area contributed by atoms with Crippen molar-refractivity contribution in [3.05, 3.63) is 86.7 Å². The molecular weight excluding hydrogens is 633 g/mol. The number of ether oxygens (including phenoxy) is 1. The summed E-state index contributed by atoms with van der Waals surface area (Å²) in [5.41, 5.74) is 12.1. The molecule has 220 valence electrons. The van der Waals surface area contributed by atoms with Gasteiger partial charge in [-0.15, -0.1) is 36.2 Å². The highest BCUT2D eigenvalue weighted by Crippen LogP contribution is 2.29. The van der Waals surface area contributed by atoms with E-state index in [1.807, 2.05) is 0 Å². The first-order chi connectivity index (χ1) is 19.0. The molecule has 0 aliphatic rings. The molecule has 6 N–H and O–H groups in total. The van der Waals surface area contributed by atoms with Crippen LogP contribution in [-0.2, 0) is 11.3 Å². The minimum atomic E-state index is -1.27. The van der Waals surface area contributed by atoms with E-state index < -0.39 is 30.4 Å². The Labute approximate surface area is 259 Å². The number of halogens is 3. The van der Waals surface area contributed by atoms with Crippen molar-refractivity contribution in [2.45, 2.75) is 6.54 Å². The minimum absolute atomic E-state index is 0. The molecule has 2 heterocycles. The lowest BCUT2D eigenvalue weighted by Crippen LogP contribution is -2.35. The molecule has 0 fully saturated rings. The maximum absolute atomic E-state index is 13.2. The van der Waals surface area contributed by atoms with E-state index >= 15 is 0 Å². The summed E-state index contributed by atoms with van der Waals surface area (Å²) in [4.78, 5) is 57.6. The van der Waals surface area contributed by atoms with Crippen LogP contribution < -0.4 is 16.2 Å². The lowest BCUT2D eigenvalue weighted by molar-refractivity contribution is -0.137. The van der Waals surface area contributed by atoms with Gasteiger partial charge in [0.05, 0.1) is 21.8 Å². The van der Waals surface area contributed by atoms with Gasteiger partial charge in [0.1, 0.15) is 22.9 Å². The van der Waals surface area contributed by atoms with Gasteiger partial charge in [0.25, 0.3) is 5.91 Å². The zero-order valence-corrected chi connectivity index (χ0v) is 24.4. The van der Waals surface area contributed by atoms with Crippen LogP contribution in [0.3, 0.4) is 0 Å². The number of carbonyl (C=O) groups excluding carboxylic acids is 2. The standard InChI is InChI=1S/C26H20ClN5O7S.2ClH/c27-21-15(12-40-22(21)24(36)37)10-32(11-20(33)34)23(35)19-7-3-14-9-17(6-8-18(14)31-19)39-25(38)13-1-4-16(5-2-13)30-26(28)29;;/h1-9,12H,10-11H2,(H,33,34)(H,36,37)(H4,28,29,30);2*1H. The number of carbonyl (C=O) groups is 4. The van der Waals surface area contributed by atoms with E-state index in [0.717, 1.165) is 16.2 Å². The molecule has 0 saturated carbocycles. The molecule has 12 nitrogen and oxygen atoms in total. The molecule has 0 radical (unpaired) electrons. The minimum Gasteiger partial charge on any atom is -0.480 e. The van der Waals surface area contributed by atoms with E-state index in [-0.39, 0.29) is 64.2 Å². The number of carboxylic acids is 2.